The zero-order chi connectivity index (χ0) is 28.3. The monoisotopic (exact) mass is 695 g/mol. The predicted octanol–water partition coefficient (Wildman–Crippen LogP) is 9.63. The standard InChI is InChI=1S/C39H43Si.3ClH.Ti/c1-28(2)32-16-10-20-36(25-32)40(37-21-11-17-33(26-37)29(3)4,38-22-12-18-34(27-38)30(5)6)39-23-13-19-35(39)24-31-14-8-7-9-15-31;;;;/h7-12,14-22,25-30H,13,24H2,1-6H3;3*1H;/q-1;;;;. The zero-order valence-electron chi connectivity index (χ0n) is 26.8. The molecular weight excluding hydrogens is 651 g/mol. The van der Waals surface area contributed by atoms with Gasteiger partial charge in [0.05, 0.1) is 0 Å². The van der Waals surface area contributed by atoms with E-state index in [4.69, 9.17) is 0 Å². The van der Waals surface area contributed by atoms with Gasteiger partial charge in [-0.1, -0.05) is 157 Å². The summed E-state index contributed by atoms with van der Waals surface area (Å²) in [6, 6.07) is 39.5. The van der Waals surface area contributed by atoms with E-state index < -0.39 is 8.07 Å². The molecule has 0 aliphatic heterocycles. The van der Waals surface area contributed by atoms with Crippen LogP contribution in [0, 0.1) is 6.08 Å². The second-order valence-electron chi connectivity index (χ2n) is 12.2. The predicted molar refractivity (Wildman–Crippen MR) is 198 cm³/mol. The molecule has 0 unspecified atom stereocenters. The molecule has 0 amide bonds. The van der Waals surface area contributed by atoms with E-state index in [1.165, 1.54) is 48.6 Å². The van der Waals surface area contributed by atoms with Gasteiger partial charge in [0.2, 0.25) is 0 Å². The van der Waals surface area contributed by atoms with Gasteiger partial charge in [-0.25, -0.2) is 5.20 Å². The molecule has 1 aliphatic rings. The first-order chi connectivity index (χ1) is 19.3. The Morgan fingerprint density at radius 1 is 0.568 bits per heavy atom. The van der Waals surface area contributed by atoms with Gasteiger partial charge < -0.3 is 0 Å². The van der Waals surface area contributed by atoms with Crippen molar-refractivity contribution >= 4 is 60.9 Å². The molecule has 0 nitrogen and oxygen atoms in total. The molecule has 0 spiro atoms. The number of allylic oxidation sites excluding steroid dienone is 4. The van der Waals surface area contributed by atoms with Crippen LogP contribution in [-0.2, 0) is 28.1 Å². The fraction of sp³-hybridized carbons (Fsp3) is 0.282. The van der Waals surface area contributed by atoms with Gasteiger partial charge in [0.1, 0.15) is 8.07 Å². The molecule has 4 aromatic rings. The number of halogens is 3. The molecule has 0 fully saturated rings. The van der Waals surface area contributed by atoms with Gasteiger partial charge in [-0.2, -0.15) is 11.6 Å². The van der Waals surface area contributed by atoms with Gasteiger partial charge in [-0.15, -0.1) is 43.6 Å². The maximum atomic E-state index is 4.00. The first-order valence-electron chi connectivity index (χ1n) is 15.0. The summed E-state index contributed by atoms with van der Waals surface area (Å²) < 4.78 is 0. The summed E-state index contributed by atoms with van der Waals surface area (Å²) in [5.74, 6) is 1.41. The molecule has 4 aromatic carbocycles. The molecule has 0 atom stereocenters. The van der Waals surface area contributed by atoms with Crippen molar-refractivity contribution in [3.05, 3.63) is 148 Å². The average molecular weight is 697 g/mol. The van der Waals surface area contributed by atoms with Crippen LogP contribution < -0.4 is 15.6 Å². The van der Waals surface area contributed by atoms with E-state index in [2.05, 4.69) is 157 Å². The Kier molecular flexibility index (Phi) is 16.2. The normalized spacial score (nSPS) is 12.5. The second kappa shape index (κ2) is 17.7. The third-order valence-electron chi connectivity index (χ3n) is 8.52. The quantitative estimate of drug-likeness (QED) is 0.0929. The van der Waals surface area contributed by atoms with Gasteiger partial charge >= 0.3 is 0 Å². The summed E-state index contributed by atoms with van der Waals surface area (Å²) in [6.07, 6.45) is 8.25. The summed E-state index contributed by atoms with van der Waals surface area (Å²) in [5.41, 5.74) is 7.02. The zero-order valence-corrected chi connectivity index (χ0v) is 31.8. The molecule has 1 aliphatic carbocycles. The Morgan fingerprint density at radius 3 is 1.36 bits per heavy atom. The number of hydrogen-bond acceptors (Lipinski definition) is 0. The van der Waals surface area contributed by atoms with E-state index in [9.17, 15) is 0 Å². The van der Waals surface area contributed by atoms with Crippen molar-refractivity contribution in [1.82, 2.24) is 0 Å². The smallest absolute Gasteiger partial charge is 0.144 e. The Morgan fingerprint density at radius 2 is 0.977 bits per heavy atom. The minimum Gasteiger partial charge on any atom is -0.272 e. The van der Waals surface area contributed by atoms with Crippen molar-refractivity contribution in [3.8, 4) is 0 Å². The fourth-order valence-corrected chi connectivity index (χ4v) is 11.3. The van der Waals surface area contributed by atoms with E-state index in [-0.39, 0.29) is 58.9 Å². The van der Waals surface area contributed by atoms with E-state index in [1.54, 1.807) is 0 Å². The summed E-state index contributed by atoms with van der Waals surface area (Å²) in [6.45, 7) is 13.9. The molecule has 0 radical (unpaired) electrons. The van der Waals surface area contributed by atoms with Crippen molar-refractivity contribution in [2.24, 2.45) is 0 Å². The molecule has 0 saturated carbocycles. The van der Waals surface area contributed by atoms with Crippen LogP contribution >= 0.6 is 37.2 Å². The first kappa shape index (κ1) is 40.2. The molecule has 0 heterocycles. The molecule has 0 bridgehead atoms. The fourth-order valence-electron chi connectivity index (χ4n) is 6.17. The molecule has 0 N–H and O–H groups in total. The molecular formula is C39H46Cl3SiTi-. The Labute approximate surface area is 301 Å². The van der Waals surface area contributed by atoms with Gasteiger partial charge in [-0.05, 0) is 50.0 Å². The van der Waals surface area contributed by atoms with Crippen LogP contribution in [0.2, 0.25) is 0 Å². The van der Waals surface area contributed by atoms with Crippen molar-refractivity contribution in [2.75, 3.05) is 0 Å². The summed E-state index contributed by atoms with van der Waals surface area (Å²) in [4.78, 5) is 0. The Bertz CT molecular complexity index is 1410. The van der Waals surface area contributed by atoms with Gasteiger partial charge in [0, 0.05) is 21.7 Å². The average Bonchev–Trinajstić information content (AvgIpc) is 3.42. The van der Waals surface area contributed by atoms with E-state index in [0.717, 1.165) is 12.8 Å². The maximum Gasteiger partial charge on any atom is 0.144 e. The van der Waals surface area contributed by atoms with Crippen LogP contribution in [0.1, 0.15) is 88.0 Å². The number of benzene rings is 4. The van der Waals surface area contributed by atoms with Gasteiger partial charge in [-0.3, -0.25) is 6.08 Å². The van der Waals surface area contributed by atoms with E-state index >= 15 is 0 Å². The van der Waals surface area contributed by atoms with Gasteiger partial charge in [0.15, 0.2) is 0 Å². The Balaban J connectivity index is 0.00000242. The topological polar surface area (TPSA) is 0 Å². The largest absolute Gasteiger partial charge is 0.272 e. The van der Waals surface area contributed by atoms with E-state index in [1.807, 2.05) is 0 Å². The van der Waals surface area contributed by atoms with Gasteiger partial charge in [0.25, 0.3) is 0 Å². The van der Waals surface area contributed by atoms with Crippen molar-refractivity contribution in [3.63, 3.8) is 0 Å². The van der Waals surface area contributed by atoms with Crippen LogP contribution in [0.25, 0.3) is 0 Å². The van der Waals surface area contributed by atoms with Crippen LogP contribution in [0.5, 0.6) is 0 Å². The third kappa shape index (κ3) is 8.30. The Hall–Kier alpha value is -1.84. The van der Waals surface area contributed by atoms with Crippen molar-refractivity contribution in [2.45, 2.75) is 72.1 Å². The molecule has 5 rings (SSSR count). The molecule has 0 aromatic heterocycles. The van der Waals surface area contributed by atoms with E-state index in [0.29, 0.717) is 17.8 Å². The number of hydrogen-bond donors (Lipinski definition) is 0. The minimum atomic E-state index is -2.70. The first-order valence-corrected chi connectivity index (χ1v) is 17.0. The summed E-state index contributed by atoms with van der Waals surface area (Å²) in [7, 11) is -2.70. The molecule has 5 heteroatoms. The van der Waals surface area contributed by atoms with Crippen LogP contribution in [-0.4, -0.2) is 8.07 Å². The molecule has 0 saturated heterocycles. The van der Waals surface area contributed by atoms with Crippen LogP contribution in [0.3, 0.4) is 0 Å². The maximum absolute atomic E-state index is 4.00. The van der Waals surface area contributed by atoms with Crippen molar-refractivity contribution in [1.29, 1.82) is 0 Å². The minimum absolute atomic E-state index is 0. The van der Waals surface area contributed by atoms with Crippen LogP contribution in [0.15, 0.2) is 120 Å². The molecule has 232 valence electrons. The second-order valence-corrected chi connectivity index (χ2v) is 16.0. The van der Waals surface area contributed by atoms with Crippen LogP contribution in [0.4, 0.5) is 0 Å². The SMILES string of the molecule is CC(C)c1cccc([Si](C2=[C-]CC=C2Cc2ccccc2)(c2cccc(C(C)C)c2)c2cccc(C(C)C)c2)c1.Cl.Cl.Cl.[Ti]. The third-order valence-corrected chi connectivity index (χ3v) is 13.3. The summed E-state index contributed by atoms with van der Waals surface area (Å²) >= 11 is 0. The van der Waals surface area contributed by atoms with Crippen molar-refractivity contribution < 1.29 is 21.7 Å². The molecule has 44 heavy (non-hydrogen) atoms. The summed E-state index contributed by atoms with van der Waals surface area (Å²) in [5, 5.41) is 5.83. The number of rotatable bonds is 9.